The summed E-state index contributed by atoms with van der Waals surface area (Å²) in [5.74, 6) is 6.13. The van der Waals surface area contributed by atoms with Crippen molar-refractivity contribution in [1.82, 2.24) is 0 Å². The van der Waals surface area contributed by atoms with E-state index in [4.69, 9.17) is 9.84 Å². The minimum atomic E-state index is -0.387. The topological polar surface area (TPSA) is 55.8 Å². The van der Waals surface area contributed by atoms with Crippen LogP contribution in [0.3, 0.4) is 0 Å². The van der Waals surface area contributed by atoms with E-state index in [9.17, 15) is 4.79 Å². The highest BCUT2D eigenvalue weighted by atomic mass is 16.5. The number of hydrogen-bond acceptors (Lipinski definition) is 4. The van der Waals surface area contributed by atoms with Gasteiger partial charge in [-0.05, 0) is 24.3 Å². The molecule has 1 aliphatic rings. The van der Waals surface area contributed by atoms with Crippen molar-refractivity contribution >= 4 is 12.0 Å². The van der Waals surface area contributed by atoms with Crippen molar-refractivity contribution < 1.29 is 19.4 Å². The Morgan fingerprint density at radius 1 is 1.53 bits per heavy atom. The van der Waals surface area contributed by atoms with Crippen LogP contribution in [-0.2, 0) is 9.53 Å². The summed E-state index contributed by atoms with van der Waals surface area (Å²) in [5, 5.41) is 8.68. The first kappa shape index (κ1) is 13.2. The first-order chi connectivity index (χ1) is 9.24. The maximum atomic E-state index is 11.4. The van der Waals surface area contributed by atoms with Gasteiger partial charge in [-0.3, -0.25) is 0 Å². The second kappa shape index (κ2) is 6.07. The first-order valence-corrected chi connectivity index (χ1v) is 5.90. The average Bonchev–Trinajstić information content (AvgIpc) is 2.46. The molecule has 4 heteroatoms. The van der Waals surface area contributed by atoms with Gasteiger partial charge in [-0.25, -0.2) is 4.79 Å². The van der Waals surface area contributed by atoms with Crippen LogP contribution in [0.25, 0.3) is 6.08 Å². The van der Waals surface area contributed by atoms with Crippen LogP contribution in [0.15, 0.2) is 23.8 Å². The van der Waals surface area contributed by atoms with E-state index in [-0.39, 0.29) is 19.2 Å². The minimum Gasteiger partial charge on any atom is -0.488 e. The summed E-state index contributed by atoms with van der Waals surface area (Å²) in [6.07, 6.45) is 2.19. The summed E-state index contributed by atoms with van der Waals surface area (Å²) in [6.45, 7) is 0.267. The summed E-state index contributed by atoms with van der Waals surface area (Å²) in [7, 11) is 1.34. The van der Waals surface area contributed by atoms with Crippen LogP contribution in [-0.4, -0.2) is 31.4 Å². The molecule has 0 atom stereocenters. The van der Waals surface area contributed by atoms with Crippen LogP contribution < -0.4 is 4.74 Å². The van der Waals surface area contributed by atoms with Crippen molar-refractivity contribution in [3.63, 3.8) is 0 Å². The number of carbonyl (C=O) groups excluding carboxylic acids is 1. The van der Waals surface area contributed by atoms with Gasteiger partial charge < -0.3 is 14.6 Å². The molecule has 0 saturated heterocycles. The van der Waals surface area contributed by atoms with Crippen LogP contribution in [0, 0.1) is 11.8 Å². The van der Waals surface area contributed by atoms with Crippen LogP contribution in [0.4, 0.5) is 0 Å². The standard InChI is InChI=1S/C15H14O4/c1-18-15(17)13-9-12-8-11(4-2-3-7-16)5-6-14(12)19-10-13/h5-6,8-9,16H,3,7,10H2,1H3. The normalized spacial score (nSPS) is 12.4. The third kappa shape index (κ3) is 3.15. The fourth-order valence-electron chi connectivity index (χ4n) is 1.72. The van der Waals surface area contributed by atoms with Gasteiger partial charge >= 0.3 is 5.97 Å². The lowest BCUT2D eigenvalue weighted by Gasteiger charge is -2.16. The van der Waals surface area contributed by atoms with Crippen molar-refractivity contribution in [2.24, 2.45) is 0 Å². The van der Waals surface area contributed by atoms with Crippen molar-refractivity contribution in [2.75, 3.05) is 20.3 Å². The SMILES string of the molecule is COC(=O)C1=Cc2cc(C#CCCO)ccc2OC1. The average molecular weight is 258 g/mol. The molecule has 0 aliphatic carbocycles. The minimum absolute atomic E-state index is 0.0491. The molecule has 0 aromatic heterocycles. The van der Waals surface area contributed by atoms with Crippen molar-refractivity contribution in [3.8, 4) is 17.6 Å². The molecule has 98 valence electrons. The highest BCUT2D eigenvalue weighted by Gasteiger charge is 2.17. The van der Waals surface area contributed by atoms with Gasteiger partial charge in [-0.15, -0.1) is 0 Å². The maximum absolute atomic E-state index is 11.4. The molecule has 4 nitrogen and oxygen atoms in total. The first-order valence-electron chi connectivity index (χ1n) is 5.90. The second-order valence-corrected chi connectivity index (χ2v) is 3.98. The van der Waals surface area contributed by atoms with E-state index in [1.165, 1.54) is 7.11 Å². The number of ether oxygens (including phenoxy) is 2. The lowest BCUT2D eigenvalue weighted by molar-refractivity contribution is -0.136. The van der Waals surface area contributed by atoms with E-state index in [0.717, 1.165) is 16.9 Å². The van der Waals surface area contributed by atoms with Crippen LogP contribution in [0.2, 0.25) is 0 Å². The quantitative estimate of drug-likeness (QED) is 0.643. The van der Waals surface area contributed by atoms with E-state index < -0.39 is 0 Å². The molecule has 0 saturated carbocycles. The molecule has 1 aliphatic heterocycles. The largest absolute Gasteiger partial charge is 0.488 e. The molecule has 1 aromatic rings. The third-order valence-electron chi connectivity index (χ3n) is 2.64. The van der Waals surface area contributed by atoms with E-state index in [2.05, 4.69) is 16.6 Å². The Morgan fingerprint density at radius 2 is 2.37 bits per heavy atom. The Bertz CT molecular complexity index is 576. The van der Waals surface area contributed by atoms with Crippen molar-refractivity contribution in [1.29, 1.82) is 0 Å². The number of benzene rings is 1. The molecular formula is C15H14O4. The number of aliphatic hydroxyl groups is 1. The number of rotatable bonds is 2. The smallest absolute Gasteiger partial charge is 0.337 e. The predicted molar refractivity (Wildman–Crippen MR) is 70.5 cm³/mol. The van der Waals surface area contributed by atoms with Gasteiger partial charge in [0.25, 0.3) is 0 Å². The Kier molecular flexibility index (Phi) is 4.22. The zero-order chi connectivity index (χ0) is 13.7. The summed E-state index contributed by atoms with van der Waals surface area (Å²) in [6, 6.07) is 5.52. The monoisotopic (exact) mass is 258 g/mol. The molecular weight excluding hydrogens is 244 g/mol. The van der Waals surface area contributed by atoms with Gasteiger partial charge in [0.1, 0.15) is 12.4 Å². The van der Waals surface area contributed by atoms with Crippen LogP contribution in [0.1, 0.15) is 17.5 Å². The van der Waals surface area contributed by atoms with Gasteiger partial charge in [0.2, 0.25) is 0 Å². The van der Waals surface area contributed by atoms with Gasteiger partial charge in [-0.1, -0.05) is 11.8 Å². The summed E-state index contributed by atoms with van der Waals surface area (Å²) in [4.78, 5) is 11.4. The Morgan fingerprint density at radius 3 is 3.11 bits per heavy atom. The predicted octanol–water partition coefficient (Wildman–Crippen LogP) is 1.37. The molecule has 0 spiro atoms. The zero-order valence-corrected chi connectivity index (χ0v) is 10.6. The highest BCUT2D eigenvalue weighted by molar-refractivity contribution is 5.95. The lowest BCUT2D eigenvalue weighted by Crippen LogP contribution is -2.15. The van der Waals surface area contributed by atoms with Gasteiger partial charge in [-0.2, -0.15) is 0 Å². The number of carbonyl (C=O) groups is 1. The zero-order valence-electron chi connectivity index (χ0n) is 10.6. The molecule has 2 rings (SSSR count). The van der Waals surface area contributed by atoms with E-state index >= 15 is 0 Å². The number of fused-ring (bicyclic) bond motifs is 1. The molecule has 0 fully saturated rings. The van der Waals surface area contributed by atoms with E-state index in [1.807, 2.05) is 18.2 Å². The number of esters is 1. The van der Waals surface area contributed by atoms with Gasteiger partial charge in [0.15, 0.2) is 0 Å². The fraction of sp³-hybridized carbons (Fsp3) is 0.267. The molecule has 1 N–H and O–H groups in total. The Hall–Kier alpha value is -2.25. The molecule has 0 unspecified atom stereocenters. The number of aliphatic hydroxyl groups excluding tert-OH is 1. The van der Waals surface area contributed by atoms with E-state index in [1.54, 1.807) is 6.08 Å². The van der Waals surface area contributed by atoms with Crippen LogP contribution in [0.5, 0.6) is 5.75 Å². The van der Waals surface area contributed by atoms with E-state index in [0.29, 0.717) is 12.0 Å². The molecule has 0 amide bonds. The molecule has 0 bridgehead atoms. The molecule has 0 radical (unpaired) electrons. The van der Waals surface area contributed by atoms with Crippen molar-refractivity contribution in [3.05, 3.63) is 34.9 Å². The van der Waals surface area contributed by atoms with Gasteiger partial charge in [0, 0.05) is 17.5 Å². The molecule has 19 heavy (non-hydrogen) atoms. The summed E-state index contributed by atoms with van der Waals surface area (Å²) < 4.78 is 10.2. The third-order valence-corrected chi connectivity index (χ3v) is 2.64. The summed E-state index contributed by atoms with van der Waals surface area (Å²) >= 11 is 0. The molecule has 1 aromatic carbocycles. The van der Waals surface area contributed by atoms with Crippen LogP contribution >= 0.6 is 0 Å². The lowest BCUT2D eigenvalue weighted by atomic mass is 10.0. The summed E-state index contributed by atoms with van der Waals surface area (Å²) in [5.41, 5.74) is 2.11. The van der Waals surface area contributed by atoms with Crippen molar-refractivity contribution in [2.45, 2.75) is 6.42 Å². The molecule has 1 heterocycles. The Labute approximate surface area is 111 Å². The fourth-order valence-corrected chi connectivity index (χ4v) is 1.72. The number of methoxy groups -OCH3 is 1. The highest BCUT2D eigenvalue weighted by Crippen LogP contribution is 2.27. The Balaban J connectivity index is 2.28. The number of hydrogen-bond donors (Lipinski definition) is 1. The second-order valence-electron chi connectivity index (χ2n) is 3.98. The maximum Gasteiger partial charge on any atom is 0.337 e. The van der Waals surface area contributed by atoms with Gasteiger partial charge in [0.05, 0.1) is 19.3 Å².